The minimum absolute atomic E-state index is 0.221. The number of piperazine rings is 1. The lowest BCUT2D eigenvalue weighted by atomic mass is 10.1. The molecule has 7 heteroatoms. The topological polar surface area (TPSA) is 93.4 Å². The van der Waals surface area contributed by atoms with Crippen LogP contribution in [-0.4, -0.2) is 48.2 Å². The van der Waals surface area contributed by atoms with E-state index in [1.165, 1.54) is 7.11 Å². The summed E-state index contributed by atoms with van der Waals surface area (Å²) in [6.45, 7) is 10.1. The molecule has 0 spiro atoms. The van der Waals surface area contributed by atoms with Gasteiger partial charge in [0, 0.05) is 42.4 Å². The second-order valence-electron chi connectivity index (χ2n) is 5.99. The van der Waals surface area contributed by atoms with Crippen LogP contribution in [0.3, 0.4) is 0 Å². The molecule has 1 saturated heterocycles. The number of amides is 1. The van der Waals surface area contributed by atoms with Gasteiger partial charge in [0.15, 0.2) is 0 Å². The van der Waals surface area contributed by atoms with Crippen molar-refractivity contribution in [2.75, 3.05) is 25.1 Å². The Labute approximate surface area is 148 Å². The summed E-state index contributed by atoms with van der Waals surface area (Å²) in [6.07, 6.45) is 1.69. The average molecular weight is 345 g/mol. The fraction of sp³-hybridized carbons (Fsp3) is 0.500. The van der Waals surface area contributed by atoms with Gasteiger partial charge in [-0.15, -0.1) is 0 Å². The quantitative estimate of drug-likeness (QED) is 0.883. The van der Waals surface area contributed by atoms with E-state index in [-0.39, 0.29) is 6.01 Å². The third-order valence-electron chi connectivity index (χ3n) is 4.05. The monoisotopic (exact) mass is 345 g/mol. The van der Waals surface area contributed by atoms with Crippen molar-refractivity contribution < 1.29 is 9.53 Å². The number of primary amides is 1. The summed E-state index contributed by atoms with van der Waals surface area (Å²) >= 11 is 0. The highest BCUT2D eigenvalue weighted by molar-refractivity contribution is 6.08. The summed E-state index contributed by atoms with van der Waals surface area (Å²) in [5.74, 6) is -0.510. The van der Waals surface area contributed by atoms with Crippen LogP contribution in [0.4, 0.5) is 5.69 Å². The summed E-state index contributed by atoms with van der Waals surface area (Å²) in [7, 11) is 1.49. The minimum Gasteiger partial charge on any atom is -0.467 e. The first kappa shape index (κ1) is 18.9. The number of methoxy groups -OCH3 is 1. The van der Waals surface area contributed by atoms with Crippen LogP contribution in [0.1, 0.15) is 38.1 Å². The van der Waals surface area contributed by atoms with Crippen molar-refractivity contribution >= 4 is 22.5 Å². The van der Waals surface area contributed by atoms with E-state index in [4.69, 9.17) is 10.5 Å². The molecule has 2 atom stereocenters. The maximum Gasteiger partial charge on any atom is 0.316 e. The third-order valence-corrected chi connectivity index (χ3v) is 4.05. The smallest absolute Gasteiger partial charge is 0.316 e. The third kappa shape index (κ3) is 3.99. The number of nitrogens with one attached hydrogen (secondary N) is 1. The van der Waals surface area contributed by atoms with Crippen molar-refractivity contribution in [3.8, 4) is 6.01 Å². The van der Waals surface area contributed by atoms with E-state index in [2.05, 4.69) is 34.0 Å². The van der Waals surface area contributed by atoms with Gasteiger partial charge in [0.05, 0.1) is 18.2 Å². The lowest BCUT2D eigenvalue weighted by Gasteiger charge is -2.38. The predicted octanol–water partition coefficient (Wildman–Crippen LogP) is 1.95. The minimum atomic E-state index is -0.510. The van der Waals surface area contributed by atoms with Crippen molar-refractivity contribution in [1.82, 2.24) is 15.3 Å². The molecule has 0 saturated carbocycles. The number of hydrogen-bond acceptors (Lipinski definition) is 6. The van der Waals surface area contributed by atoms with E-state index in [0.29, 0.717) is 23.2 Å². The second-order valence-corrected chi connectivity index (χ2v) is 5.99. The van der Waals surface area contributed by atoms with Gasteiger partial charge in [-0.25, -0.2) is 4.98 Å². The van der Waals surface area contributed by atoms with Crippen LogP contribution in [0, 0.1) is 0 Å². The van der Waals surface area contributed by atoms with Gasteiger partial charge in [0.25, 0.3) is 5.91 Å². The predicted molar refractivity (Wildman–Crippen MR) is 100 cm³/mol. The van der Waals surface area contributed by atoms with E-state index in [1.807, 2.05) is 19.9 Å². The van der Waals surface area contributed by atoms with Gasteiger partial charge in [-0.2, -0.15) is 4.98 Å². The Kier molecular flexibility index (Phi) is 6.14. The van der Waals surface area contributed by atoms with Crippen molar-refractivity contribution in [2.45, 2.75) is 39.8 Å². The van der Waals surface area contributed by atoms with Crippen molar-refractivity contribution in [3.63, 3.8) is 0 Å². The fourth-order valence-corrected chi connectivity index (χ4v) is 3.19. The zero-order valence-corrected chi connectivity index (χ0v) is 15.5. The molecule has 3 rings (SSSR count). The number of hydrogen-bond donors (Lipinski definition) is 2. The Morgan fingerprint density at radius 2 is 1.92 bits per heavy atom. The normalized spacial score (nSPS) is 20.0. The molecule has 0 bridgehead atoms. The van der Waals surface area contributed by atoms with E-state index in [0.717, 1.165) is 24.2 Å². The van der Waals surface area contributed by atoms with Crippen LogP contribution < -0.4 is 20.7 Å². The Bertz CT molecular complexity index is 740. The largest absolute Gasteiger partial charge is 0.467 e. The van der Waals surface area contributed by atoms with Crippen LogP contribution in [0.15, 0.2) is 18.3 Å². The van der Waals surface area contributed by atoms with Gasteiger partial charge < -0.3 is 20.7 Å². The highest BCUT2D eigenvalue weighted by atomic mass is 16.5. The number of nitrogens with two attached hydrogens (primary N) is 1. The number of benzene rings is 1. The molecule has 3 N–H and O–H groups in total. The van der Waals surface area contributed by atoms with Crippen molar-refractivity contribution in [2.24, 2.45) is 5.73 Å². The number of rotatable bonds is 3. The van der Waals surface area contributed by atoms with Gasteiger partial charge in [-0.3, -0.25) is 4.79 Å². The van der Waals surface area contributed by atoms with Gasteiger partial charge in [0.1, 0.15) is 0 Å². The van der Waals surface area contributed by atoms with Crippen molar-refractivity contribution in [1.29, 1.82) is 0 Å². The van der Waals surface area contributed by atoms with E-state index >= 15 is 0 Å². The molecule has 1 amide bonds. The highest BCUT2D eigenvalue weighted by Gasteiger charge is 2.24. The van der Waals surface area contributed by atoms with Gasteiger partial charge >= 0.3 is 6.01 Å². The second kappa shape index (κ2) is 8.11. The fourth-order valence-electron chi connectivity index (χ4n) is 3.19. The molecule has 2 heterocycles. The van der Waals surface area contributed by atoms with Crippen LogP contribution in [-0.2, 0) is 0 Å². The molecule has 2 aromatic rings. The van der Waals surface area contributed by atoms with E-state index < -0.39 is 5.91 Å². The van der Waals surface area contributed by atoms with Gasteiger partial charge in [-0.1, -0.05) is 13.8 Å². The number of carbonyl (C=O) groups is 1. The van der Waals surface area contributed by atoms with E-state index in [9.17, 15) is 4.79 Å². The molecule has 1 aromatic carbocycles. The highest BCUT2D eigenvalue weighted by Crippen LogP contribution is 2.30. The summed E-state index contributed by atoms with van der Waals surface area (Å²) in [6, 6.07) is 4.62. The summed E-state index contributed by atoms with van der Waals surface area (Å²) in [5.41, 5.74) is 7.39. The number of carbonyl (C=O) groups excluding carboxylic acids is 1. The molecular weight excluding hydrogens is 318 g/mol. The average Bonchev–Trinajstić information content (AvgIpc) is 2.60. The van der Waals surface area contributed by atoms with Crippen LogP contribution in [0.2, 0.25) is 0 Å². The molecule has 0 aliphatic carbocycles. The standard InChI is InChI=1S/C16H21N5O2.C2H6/c1-9-7-21(8-10(2)19-9)13-5-4-11(15(17)22)14-12(13)6-18-16(20-14)23-3;1-2/h4-6,9-10,19H,7-8H2,1-3H3,(H2,17,22);1-2H3. The lowest BCUT2D eigenvalue weighted by Crippen LogP contribution is -2.54. The Balaban J connectivity index is 0.00000109. The summed E-state index contributed by atoms with van der Waals surface area (Å²) in [4.78, 5) is 22.5. The Hall–Kier alpha value is -2.41. The molecule has 2 unspecified atom stereocenters. The summed E-state index contributed by atoms with van der Waals surface area (Å²) < 4.78 is 5.08. The van der Waals surface area contributed by atoms with Crippen LogP contribution in [0.25, 0.3) is 10.9 Å². The Morgan fingerprint density at radius 1 is 1.28 bits per heavy atom. The van der Waals surface area contributed by atoms with Crippen molar-refractivity contribution in [3.05, 3.63) is 23.9 Å². The SMILES string of the molecule is CC.COc1ncc2c(N3CC(C)NC(C)C3)ccc(C(N)=O)c2n1. The zero-order chi connectivity index (χ0) is 18.6. The molecule has 1 fully saturated rings. The maximum atomic E-state index is 11.7. The van der Waals surface area contributed by atoms with Crippen LogP contribution in [0.5, 0.6) is 6.01 Å². The molecule has 25 heavy (non-hydrogen) atoms. The van der Waals surface area contributed by atoms with E-state index in [1.54, 1.807) is 12.3 Å². The molecule has 1 aromatic heterocycles. The Morgan fingerprint density at radius 3 is 2.48 bits per heavy atom. The maximum absolute atomic E-state index is 11.7. The van der Waals surface area contributed by atoms with Gasteiger partial charge in [-0.05, 0) is 26.0 Å². The number of ether oxygens (including phenoxy) is 1. The van der Waals surface area contributed by atoms with Gasteiger partial charge in [0.2, 0.25) is 0 Å². The molecule has 136 valence electrons. The zero-order valence-electron chi connectivity index (χ0n) is 15.5. The first-order valence-corrected chi connectivity index (χ1v) is 8.64. The number of aromatic nitrogens is 2. The molecule has 0 radical (unpaired) electrons. The number of nitrogens with zero attached hydrogens (tertiary/aromatic N) is 3. The number of anilines is 1. The lowest BCUT2D eigenvalue weighted by molar-refractivity contribution is 0.100. The molecule has 1 aliphatic rings. The first-order valence-electron chi connectivity index (χ1n) is 8.64. The molecular formula is C18H27N5O2. The molecule has 7 nitrogen and oxygen atoms in total. The molecule has 1 aliphatic heterocycles. The van der Waals surface area contributed by atoms with Crippen LogP contribution >= 0.6 is 0 Å². The number of fused-ring (bicyclic) bond motifs is 1. The summed E-state index contributed by atoms with van der Waals surface area (Å²) in [5, 5.41) is 4.32. The first-order chi connectivity index (χ1) is 12.0.